The number of nitrogens with two attached hydrogens (primary N) is 1. The van der Waals surface area contributed by atoms with Crippen LogP contribution >= 0.6 is 15.9 Å². The van der Waals surface area contributed by atoms with Gasteiger partial charge in [-0.05, 0) is 18.2 Å². The van der Waals surface area contributed by atoms with E-state index >= 15 is 0 Å². The number of hydrogen-bond acceptors (Lipinski definition) is 5. The molecule has 1 atom stereocenters. The van der Waals surface area contributed by atoms with Crippen LogP contribution in [-0.4, -0.2) is 26.8 Å². The predicted octanol–water partition coefficient (Wildman–Crippen LogP) is 1.50. The molecule has 132 valence electrons. The van der Waals surface area contributed by atoms with Crippen molar-refractivity contribution in [3.63, 3.8) is 0 Å². The fraction of sp³-hybridized carbons (Fsp3) is 0.125. The number of rotatable bonds is 7. The van der Waals surface area contributed by atoms with Gasteiger partial charge in [-0.1, -0.05) is 52.3 Å². The molecule has 0 bridgehead atoms. The van der Waals surface area contributed by atoms with Gasteiger partial charge in [0.2, 0.25) is 16.1 Å². The zero-order chi connectivity index (χ0) is 18.4. The quantitative estimate of drug-likeness (QED) is 0.650. The first-order valence-corrected chi connectivity index (χ1v) is 9.36. The highest BCUT2D eigenvalue weighted by Gasteiger charge is 2.23. The molecule has 0 radical (unpaired) electrons. The number of sulfonamides is 1. The molecule has 2 aromatic carbocycles. The molecule has 0 aliphatic heterocycles. The van der Waals surface area contributed by atoms with Crippen molar-refractivity contribution in [3.8, 4) is 0 Å². The van der Waals surface area contributed by atoms with Crippen molar-refractivity contribution in [1.82, 2.24) is 4.72 Å². The van der Waals surface area contributed by atoms with Crippen LogP contribution in [0.15, 0.2) is 64.0 Å². The summed E-state index contributed by atoms with van der Waals surface area (Å²) in [4.78, 5) is 23.4. The third-order valence-electron chi connectivity index (χ3n) is 3.12. The van der Waals surface area contributed by atoms with Gasteiger partial charge < -0.3 is 10.5 Å². The van der Waals surface area contributed by atoms with Gasteiger partial charge in [0.1, 0.15) is 6.54 Å². The second-order valence-electron chi connectivity index (χ2n) is 4.96. The number of benzene rings is 2. The van der Waals surface area contributed by atoms with Crippen LogP contribution in [0.5, 0.6) is 0 Å². The van der Waals surface area contributed by atoms with Crippen LogP contribution in [0.1, 0.15) is 11.7 Å². The van der Waals surface area contributed by atoms with Crippen LogP contribution in [0.25, 0.3) is 0 Å². The molecule has 0 aliphatic rings. The average molecular weight is 427 g/mol. The first-order chi connectivity index (χ1) is 11.8. The van der Waals surface area contributed by atoms with Crippen LogP contribution in [0.4, 0.5) is 0 Å². The molecule has 0 fully saturated rings. The number of halogens is 1. The third kappa shape index (κ3) is 5.38. The lowest BCUT2D eigenvalue weighted by atomic mass is 10.1. The van der Waals surface area contributed by atoms with Gasteiger partial charge in [0.05, 0.1) is 4.90 Å². The molecule has 0 aliphatic carbocycles. The molecule has 25 heavy (non-hydrogen) atoms. The molecular weight excluding hydrogens is 412 g/mol. The predicted molar refractivity (Wildman–Crippen MR) is 93.8 cm³/mol. The van der Waals surface area contributed by atoms with Crippen molar-refractivity contribution in [3.05, 3.63) is 64.6 Å². The molecular formula is C16H15BrN2O5S. The highest BCUT2D eigenvalue weighted by molar-refractivity contribution is 9.10. The molecule has 1 unspecified atom stereocenters. The number of hydrogen-bond donors (Lipinski definition) is 2. The largest absolute Gasteiger partial charge is 0.446 e. The maximum Gasteiger partial charge on any atom is 0.322 e. The highest BCUT2D eigenvalue weighted by atomic mass is 79.9. The Kier molecular flexibility index (Phi) is 6.29. The van der Waals surface area contributed by atoms with Crippen molar-refractivity contribution in [1.29, 1.82) is 0 Å². The van der Waals surface area contributed by atoms with Gasteiger partial charge in [0, 0.05) is 10.0 Å². The summed E-state index contributed by atoms with van der Waals surface area (Å²) in [5.74, 6) is -1.78. The van der Waals surface area contributed by atoms with Crippen LogP contribution in [-0.2, 0) is 24.3 Å². The summed E-state index contributed by atoms with van der Waals surface area (Å²) in [5.41, 5.74) is 5.65. The van der Waals surface area contributed by atoms with Gasteiger partial charge >= 0.3 is 5.97 Å². The zero-order valence-corrected chi connectivity index (χ0v) is 15.3. The Morgan fingerprint density at radius 2 is 1.80 bits per heavy atom. The smallest absolute Gasteiger partial charge is 0.322 e. The first-order valence-electron chi connectivity index (χ1n) is 7.08. The third-order valence-corrected chi connectivity index (χ3v) is 5.02. The van der Waals surface area contributed by atoms with Crippen LogP contribution in [0.3, 0.4) is 0 Å². The van der Waals surface area contributed by atoms with E-state index in [1.807, 2.05) is 0 Å². The van der Waals surface area contributed by atoms with Gasteiger partial charge in [0.25, 0.3) is 5.91 Å². The van der Waals surface area contributed by atoms with Crippen molar-refractivity contribution in [2.45, 2.75) is 11.0 Å². The summed E-state index contributed by atoms with van der Waals surface area (Å²) in [6.45, 7) is -0.633. The van der Waals surface area contributed by atoms with Gasteiger partial charge in [-0.25, -0.2) is 8.42 Å². The van der Waals surface area contributed by atoms with Crippen LogP contribution < -0.4 is 10.5 Å². The van der Waals surface area contributed by atoms with E-state index in [1.54, 1.807) is 42.5 Å². The SMILES string of the molecule is NC(=O)C(OC(=O)CNS(=O)(=O)c1cccc(Br)c1)c1ccccc1. The zero-order valence-electron chi connectivity index (χ0n) is 12.9. The summed E-state index contributed by atoms with van der Waals surface area (Å²) < 4.78 is 32.0. The number of ether oxygens (including phenoxy) is 1. The maximum atomic E-state index is 12.1. The lowest BCUT2D eigenvalue weighted by Crippen LogP contribution is -2.34. The Morgan fingerprint density at radius 3 is 2.40 bits per heavy atom. The Bertz CT molecular complexity index is 871. The van der Waals surface area contributed by atoms with E-state index in [-0.39, 0.29) is 4.90 Å². The van der Waals surface area contributed by atoms with E-state index in [9.17, 15) is 18.0 Å². The molecule has 3 N–H and O–H groups in total. The molecule has 0 spiro atoms. The second-order valence-corrected chi connectivity index (χ2v) is 7.65. The van der Waals surface area contributed by atoms with E-state index in [1.165, 1.54) is 12.1 Å². The lowest BCUT2D eigenvalue weighted by Gasteiger charge is -2.15. The molecule has 2 rings (SSSR count). The molecule has 0 aromatic heterocycles. The standard InChI is InChI=1S/C16H15BrN2O5S/c17-12-7-4-8-13(9-12)25(22,23)19-10-14(20)24-15(16(18)21)11-5-2-1-3-6-11/h1-9,15,19H,10H2,(H2,18,21). The Morgan fingerprint density at radius 1 is 1.12 bits per heavy atom. The number of carbonyl (C=O) groups is 2. The van der Waals surface area contributed by atoms with Gasteiger partial charge in [0.15, 0.2) is 0 Å². The van der Waals surface area contributed by atoms with E-state index < -0.39 is 34.5 Å². The number of nitrogens with one attached hydrogen (secondary N) is 1. The van der Waals surface area contributed by atoms with Gasteiger partial charge in [-0.15, -0.1) is 0 Å². The maximum absolute atomic E-state index is 12.1. The Hall–Kier alpha value is -2.23. The second kappa shape index (κ2) is 8.24. The fourth-order valence-corrected chi connectivity index (χ4v) is 3.53. The number of esters is 1. The number of amides is 1. The normalized spacial score (nSPS) is 12.4. The minimum absolute atomic E-state index is 0.0100. The van der Waals surface area contributed by atoms with Gasteiger partial charge in [-0.2, -0.15) is 4.72 Å². The molecule has 7 nitrogen and oxygen atoms in total. The fourth-order valence-electron chi connectivity index (χ4n) is 1.96. The minimum Gasteiger partial charge on any atom is -0.446 e. The first kappa shape index (κ1) is 19.1. The summed E-state index contributed by atoms with van der Waals surface area (Å²) in [5, 5.41) is 0. The summed E-state index contributed by atoms with van der Waals surface area (Å²) in [6.07, 6.45) is -1.29. The molecule has 1 amide bonds. The van der Waals surface area contributed by atoms with Crippen molar-refractivity contribution >= 4 is 37.8 Å². The molecule has 0 saturated heterocycles. The molecule has 9 heteroatoms. The number of carbonyl (C=O) groups excluding carboxylic acids is 2. The van der Waals surface area contributed by atoms with Crippen molar-refractivity contribution in [2.24, 2.45) is 5.73 Å². The van der Waals surface area contributed by atoms with E-state index in [2.05, 4.69) is 20.7 Å². The average Bonchev–Trinajstić information content (AvgIpc) is 2.58. The molecule has 0 heterocycles. The van der Waals surface area contributed by atoms with Crippen molar-refractivity contribution < 1.29 is 22.7 Å². The monoisotopic (exact) mass is 426 g/mol. The van der Waals surface area contributed by atoms with Crippen LogP contribution in [0.2, 0.25) is 0 Å². The van der Waals surface area contributed by atoms with E-state index in [0.29, 0.717) is 10.0 Å². The number of primary amides is 1. The van der Waals surface area contributed by atoms with E-state index in [0.717, 1.165) is 0 Å². The highest BCUT2D eigenvalue weighted by Crippen LogP contribution is 2.18. The lowest BCUT2D eigenvalue weighted by molar-refractivity contribution is -0.154. The van der Waals surface area contributed by atoms with Crippen LogP contribution in [0, 0.1) is 0 Å². The minimum atomic E-state index is -3.90. The Labute approximate surface area is 153 Å². The topological polar surface area (TPSA) is 116 Å². The van der Waals surface area contributed by atoms with Gasteiger partial charge in [-0.3, -0.25) is 9.59 Å². The van der Waals surface area contributed by atoms with Crippen molar-refractivity contribution in [2.75, 3.05) is 6.54 Å². The van der Waals surface area contributed by atoms with E-state index in [4.69, 9.17) is 10.5 Å². The summed E-state index contributed by atoms with van der Waals surface area (Å²) in [6, 6.07) is 14.2. The summed E-state index contributed by atoms with van der Waals surface area (Å²) in [7, 11) is -3.90. The molecule has 2 aromatic rings. The molecule has 0 saturated carbocycles. The summed E-state index contributed by atoms with van der Waals surface area (Å²) >= 11 is 3.17. The Balaban J connectivity index is 2.03.